The number of aromatic hydroxyl groups is 1. The van der Waals surface area contributed by atoms with Gasteiger partial charge in [-0.15, -0.1) is 0 Å². The number of nitrogens with one attached hydrogen (secondary N) is 1. The topological polar surface area (TPSA) is 85.3 Å². The molecule has 0 aliphatic carbocycles. The van der Waals surface area contributed by atoms with Crippen LogP contribution >= 0.6 is 11.6 Å². The third kappa shape index (κ3) is 4.66. The van der Waals surface area contributed by atoms with Crippen LogP contribution in [0, 0.1) is 0 Å². The van der Waals surface area contributed by atoms with Gasteiger partial charge >= 0.3 is 0 Å². The first-order valence-electron chi connectivity index (χ1n) is 11.1. The summed E-state index contributed by atoms with van der Waals surface area (Å²) in [5.74, 6) is 0.0946. The zero-order chi connectivity index (χ0) is 23.5. The third-order valence-electron chi connectivity index (χ3n) is 6.00. The highest BCUT2D eigenvalue weighted by atomic mass is 35.5. The van der Waals surface area contributed by atoms with Crippen LogP contribution in [0.5, 0.6) is 5.75 Å². The second-order valence-electron chi connectivity index (χ2n) is 8.27. The van der Waals surface area contributed by atoms with Gasteiger partial charge in [-0.3, -0.25) is 14.7 Å². The molecule has 2 aromatic carbocycles. The second kappa shape index (κ2) is 9.67. The number of hydrogen-bond acceptors (Lipinski definition) is 5. The van der Waals surface area contributed by atoms with Crippen molar-refractivity contribution in [2.75, 3.05) is 26.2 Å². The molecular weight excluding hydrogens is 450 g/mol. The standard InChI is InChI=1S/C26H24ClN5O2/c27-21-7-6-20(16-22(21)33)24-23(19-8-10-28-11-9-19)29-25(30-24)26(34)32-14-12-31(13-15-32)17-18-4-2-1-3-5-18/h1-11,16,33H,12-15,17H2,(H,29,30). The van der Waals surface area contributed by atoms with Gasteiger partial charge in [0.25, 0.3) is 5.91 Å². The van der Waals surface area contributed by atoms with E-state index in [2.05, 4.69) is 32.0 Å². The summed E-state index contributed by atoms with van der Waals surface area (Å²) in [7, 11) is 0. The second-order valence-corrected chi connectivity index (χ2v) is 8.67. The first-order chi connectivity index (χ1) is 16.6. The van der Waals surface area contributed by atoms with Crippen LogP contribution in [0.15, 0.2) is 73.1 Å². The molecule has 0 spiro atoms. The Labute approximate surface area is 202 Å². The molecule has 0 bridgehead atoms. The molecule has 0 radical (unpaired) electrons. The van der Waals surface area contributed by atoms with Gasteiger partial charge < -0.3 is 15.0 Å². The lowest BCUT2D eigenvalue weighted by Gasteiger charge is -2.34. The number of halogens is 1. The number of pyridine rings is 1. The van der Waals surface area contributed by atoms with Crippen LogP contribution in [-0.4, -0.2) is 61.9 Å². The number of aromatic amines is 1. The van der Waals surface area contributed by atoms with E-state index in [1.807, 2.05) is 35.2 Å². The number of imidazole rings is 1. The fourth-order valence-corrected chi connectivity index (χ4v) is 4.29. The third-order valence-corrected chi connectivity index (χ3v) is 6.32. The number of hydrogen-bond donors (Lipinski definition) is 2. The van der Waals surface area contributed by atoms with Gasteiger partial charge in [0, 0.05) is 56.2 Å². The number of piperazine rings is 1. The van der Waals surface area contributed by atoms with Gasteiger partial charge in [-0.2, -0.15) is 0 Å². The maximum Gasteiger partial charge on any atom is 0.289 e. The Morgan fingerprint density at radius 2 is 1.71 bits per heavy atom. The van der Waals surface area contributed by atoms with Gasteiger partial charge in [0.15, 0.2) is 5.82 Å². The van der Waals surface area contributed by atoms with Crippen molar-refractivity contribution >= 4 is 17.5 Å². The zero-order valence-electron chi connectivity index (χ0n) is 18.5. The number of phenolic OH excluding ortho intramolecular Hbond substituents is 1. The number of rotatable bonds is 5. The number of aromatic nitrogens is 3. The smallest absolute Gasteiger partial charge is 0.289 e. The lowest BCUT2D eigenvalue weighted by atomic mass is 10.1. The summed E-state index contributed by atoms with van der Waals surface area (Å²) in [5, 5.41) is 10.4. The lowest BCUT2D eigenvalue weighted by Crippen LogP contribution is -2.48. The summed E-state index contributed by atoms with van der Waals surface area (Å²) in [5.41, 5.74) is 4.04. The number of amides is 1. The van der Waals surface area contributed by atoms with E-state index in [-0.39, 0.29) is 22.5 Å². The van der Waals surface area contributed by atoms with Crippen LogP contribution < -0.4 is 0 Å². The quantitative estimate of drug-likeness (QED) is 0.447. The monoisotopic (exact) mass is 473 g/mol. The Morgan fingerprint density at radius 3 is 2.41 bits per heavy atom. The Bertz CT molecular complexity index is 1290. The summed E-state index contributed by atoms with van der Waals surface area (Å²) in [6, 6.07) is 19.0. The van der Waals surface area contributed by atoms with Crippen molar-refractivity contribution in [3.05, 3.63) is 89.5 Å². The summed E-state index contributed by atoms with van der Waals surface area (Å²) in [6.45, 7) is 3.75. The Hall–Kier alpha value is -3.68. The largest absolute Gasteiger partial charge is 0.506 e. The zero-order valence-corrected chi connectivity index (χ0v) is 19.2. The van der Waals surface area contributed by atoms with Gasteiger partial charge in [0.1, 0.15) is 5.75 Å². The number of carbonyl (C=O) groups is 1. The molecule has 0 unspecified atom stereocenters. The molecule has 34 heavy (non-hydrogen) atoms. The highest BCUT2D eigenvalue weighted by Gasteiger charge is 2.26. The maximum atomic E-state index is 13.3. The van der Waals surface area contributed by atoms with E-state index in [1.165, 1.54) is 5.56 Å². The molecule has 3 heterocycles. The highest BCUT2D eigenvalue weighted by molar-refractivity contribution is 6.32. The van der Waals surface area contributed by atoms with E-state index in [4.69, 9.17) is 11.6 Å². The Balaban J connectivity index is 1.38. The average Bonchev–Trinajstić information content (AvgIpc) is 3.32. The predicted molar refractivity (Wildman–Crippen MR) is 132 cm³/mol. The minimum atomic E-state index is -0.140. The van der Waals surface area contributed by atoms with Crippen molar-refractivity contribution in [2.45, 2.75) is 6.54 Å². The average molecular weight is 474 g/mol. The molecule has 1 saturated heterocycles. The molecule has 8 heteroatoms. The van der Waals surface area contributed by atoms with E-state index in [9.17, 15) is 9.90 Å². The van der Waals surface area contributed by atoms with Crippen molar-refractivity contribution in [3.8, 4) is 28.3 Å². The van der Waals surface area contributed by atoms with E-state index in [0.717, 1.165) is 25.2 Å². The summed E-state index contributed by atoms with van der Waals surface area (Å²) in [6.07, 6.45) is 3.37. The van der Waals surface area contributed by atoms with Gasteiger partial charge in [-0.05, 0) is 29.8 Å². The Kier molecular flexibility index (Phi) is 6.29. The molecule has 2 N–H and O–H groups in total. The highest BCUT2D eigenvalue weighted by Crippen LogP contribution is 2.34. The first-order valence-corrected chi connectivity index (χ1v) is 11.5. The van der Waals surface area contributed by atoms with E-state index >= 15 is 0 Å². The van der Waals surface area contributed by atoms with Crippen molar-refractivity contribution in [1.82, 2.24) is 24.8 Å². The normalized spacial score (nSPS) is 14.3. The minimum absolute atomic E-state index is 0.0368. The van der Waals surface area contributed by atoms with Gasteiger partial charge in [0.05, 0.1) is 16.4 Å². The molecule has 1 aliphatic heterocycles. The molecule has 2 aromatic heterocycles. The first kappa shape index (κ1) is 22.1. The molecule has 1 fully saturated rings. The minimum Gasteiger partial charge on any atom is -0.506 e. The van der Waals surface area contributed by atoms with Crippen molar-refractivity contribution in [2.24, 2.45) is 0 Å². The molecule has 5 rings (SSSR count). The fourth-order valence-electron chi connectivity index (χ4n) is 4.17. The number of carbonyl (C=O) groups excluding carboxylic acids is 1. The summed E-state index contributed by atoms with van der Waals surface area (Å²) in [4.78, 5) is 29.5. The number of phenols is 1. The number of nitrogens with zero attached hydrogens (tertiary/aromatic N) is 4. The molecular formula is C26H24ClN5O2. The predicted octanol–water partition coefficient (Wildman–Crippen LogP) is 4.46. The fraction of sp³-hybridized carbons (Fsp3) is 0.192. The SMILES string of the molecule is O=C(c1nc(-c2ccc(Cl)c(O)c2)c(-c2ccncc2)[nH]1)N1CCN(Cc2ccccc2)CC1. The molecule has 7 nitrogen and oxygen atoms in total. The van der Waals surface area contributed by atoms with Gasteiger partial charge in [-0.1, -0.05) is 48.0 Å². The van der Waals surface area contributed by atoms with Crippen molar-refractivity contribution in [3.63, 3.8) is 0 Å². The van der Waals surface area contributed by atoms with Crippen LogP contribution in [0.1, 0.15) is 16.2 Å². The van der Waals surface area contributed by atoms with Crippen molar-refractivity contribution < 1.29 is 9.90 Å². The number of benzene rings is 2. The number of H-pyrrole nitrogens is 1. The molecule has 1 amide bonds. The van der Waals surface area contributed by atoms with Crippen LogP contribution in [0.4, 0.5) is 0 Å². The van der Waals surface area contributed by atoms with E-state index in [1.54, 1.807) is 30.6 Å². The van der Waals surface area contributed by atoms with Crippen LogP contribution in [0.25, 0.3) is 22.5 Å². The van der Waals surface area contributed by atoms with Crippen LogP contribution in [-0.2, 0) is 6.54 Å². The summed E-state index contributed by atoms with van der Waals surface area (Å²) < 4.78 is 0. The van der Waals surface area contributed by atoms with Crippen molar-refractivity contribution in [1.29, 1.82) is 0 Å². The maximum absolute atomic E-state index is 13.3. The van der Waals surface area contributed by atoms with Crippen LogP contribution in [0.3, 0.4) is 0 Å². The summed E-state index contributed by atoms with van der Waals surface area (Å²) >= 11 is 5.99. The van der Waals surface area contributed by atoms with Crippen LogP contribution in [0.2, 0.25) is 5.02 Å². The molecule has 1 aliphatic rings. The molecule has 0 atom stereocenters. The molecule has 0 saturated carbocycles. The lowest BCUT2D eigenvalue weighted by molar-refractivity contribution is 0.0617. The van der Waals surface area contributed by atoms with Gasteiger partial charge in [0.2, 0.25) is 0 Å². The molecule has 172 valence electrons. The van der Waals surface area contributed by atoms with E-state index < -0.39 is 0 Å². The molecule has 4 aromatic rings. The Morgan fingerprint density at radius 1 is 0.971 bits per heavy atom. The van der Waals surface area contributed by atoms with Gasteiger partial charge in [-0.25, -0.2) is 4.98 Å². The van der Waals surface area contributed by atoms with E-state index in [0.29, 0.717) is 30.0 Å².